The van der Waals surface area contributed by atoms with Crippen molar-refractivity contribution < 1.29 is 19.4 Å². The topological polar surface area (TPSA) is 79.7 Å². The van der Waals surface area contributed by atoms with Crippen LogP contribution in [0.25, 0.3) is 0 Å². The summed E-state index contributed by atoms with van der Waals surface area (Å²) >= 11 is 0. The van der Waals surface area contributed by atoms with E-state index in [1.165, 1.54) is 0 Å². The molecule has 0 aromatic carbocycles. The molecule has 2 heterocycles. The van der Waals surface area contributed by atoms with E-state index < -0.39 is 5.97 Å². The summed E-state index contributed by atoms with van der Waals surface area (Å²) in [6.07, 6.45) is 2.70. The normalized spacial score (nSPS) is 13.7. The number of nitrogens with zero attached hydrogens (tertiary/aromatic N) is 2. The van der Waals surface area contributed by atoms with Gasteiger partial charge in [0.15, 0.2) is 0 Å². The Labute approximate surface area is 110 Å². The summed E-state index contributed by atoms with van der Waals surface area (Å²) in [6, 6.07) is 3.32. The van der Waals surface area contributed by atoms with Gasteiger partial charge >= 0.3 is 5.97 Å². The van der Waals surface area contributed by atoms with Gasteiger partial charge in [-0.15, -0.1) is 0 Å². The van der Waals surface area contributed by atoms with Crippen LogP contribution in [0.2, 0.25) is 0 Å². The maximum Gasteiger partial charge on any atom is 0.328 e. The minimum Gasteiger partial charge on any atom is -0.478 e. The van der Waals surface area contributed by atoms with Crippen molar-refractivity contribution in [2.75, 3.05) is 19.7 Å². The van der Waals surface area contributed by atoms with Crippen molar-refractivity contribution in [1.82, 2.24) is 9.88 Å². The summed E-state index contributed by atoms with van der Waals surface area (Å²) in [4.78, 5) is 28.2. The average Bonchev–Trinajstić information content (AvgIpc) is 2.33. The van der Waals surface area contributed by atoms with E-state index in [0.29, 0.717) is 31.1 Å². The SMILES string of the molecule is CCOc1ncccc1C(=O)N1CC(=CC(=O)O)C1. The fourth-order valence-corrected chi connectivity index (χ4v) is 1.83. The molecule has 0 spiro atoms. The van der Waals surface area contributed by atoms with Gasteiger partial charge in [0.05, 0.1) is 6.61 Å². The number of hydrogen-bond donors (Lipinski definition) is 1. The van der Waals surface area contributed by atoms with Gasteiger partial charge in [0.25, 0.3) is 5.91 Å². The van der Waals surface area contributed by atoms with Gasteiger partial charge in [0.1, 0.15) is 5.56 Å². The van der Waals surface area contributed by atoms with Crippen LogP contribution in [0.1, 0.15) is 17.3 Å². The molecule has 6 heteroatoms. The molecule has 1 fully saturated rings. The highest BCUT2D eigenvalue weighted by atomic mass is 16.5. The molecule has 6 nitrogen and oxygen atoms in total. The van der Waals surface area contributed by atoms with Gasteiger partial charge in [-0.05, 0) is 24.6 Å². The molecule has 1 aliphatic heterocycles. The lowest BCUT2D eigenvalue weighted by Gasteiger charge is -2.33. The van der Waals surface area contributed by atoms with Crippen molar-refractivity contribution in [2.45, 2.75) is 6.92 Å². The number of likely N-dealkylation sites (tertiary alicyclic amines) is 1. The first-order valence-electron chi connectivity index (χ1n) is 5.91. The largest absolute Gasteiger partial charge is 0.478 e. The van der Waals surface area contributed by atoms with Gasteiger partial charge < -0.3 is 14.7 Å². The standard InChI is InChI=1S/C13H14N2O4/c1-2-19-12-10(4-3-5-14-12)13(18)15-7-9(8-15)6-11(16)17/h3-6H,2,7-8H2,1H3,(H,16,17). The lowest BCUT2D eigenvalue weighted by atomic mass is 10.1. The summed E-state index contributed by atoms with van der Waals surface area (Å²) < 4.78 is 5.30. The van der Waals surface area contributed by atoms with Gasteiger partial charge in [-0.25, -0.2) is 9.78 Å². The molecule has 1 aliphatic rings. The summed E-state index contributed by atoms with van der Waals surface area (Å²) in [5.41, 5.74) is 1.13. The van der Waals surface area contributed by atoms with E-state index in [1.54, 1.807) is 23.2 Å². The molecule has 1 aromatic rings. The van der Waals surface area contributed by atoms with Crippen molar-refractivity contribution in [3.8, 4) is 5.88 Å². The fraction of sp³-hybridized carbons (Fsp3) is 0.308. The first-order chi connectivity index (χ1) is 9.11. The molecule has 0 bridgehead atoms. The Balaban J connectivity index is 2.08. The van der Waals surface area contributed by atoms with E-state index in [-0.39, 0.29) is 5.91 Å². The number of carboxylic acids is 1. The molecule has 0 saturated carbocycles. The summed E-state index contributed by atoms with van der Waals surface area (Å²) in [6.45, 7) is 2.93. The maximum absolute atomic E-state index is 12.2. The first kappa shape index (κ1) is 13.1. The Hall–Kier alpha value is -2.37. The molecule has 19 heavy (non-hydrogen) atoms. The highest BCUT2D eigenvalue weighted by Gasteiger charge is 2.28. The molecule has 100 valence electrons. The van der Waals surface area contributed by atoms with E-state index in [1.807, 2.05) is 6.92 Å². The quantitative estimate of drug-likeness (QED) is 0.817. The van der Waals surface area contributed by atoms with Crippen LogP contribution < -0.4 is 4.74 Å². The Bertz CT molecular complexity index is 531. The first-order valence-corrected chi connectivity index (χ1v) is 5.91. The molecule has 1 N–H and O–H groups in total. The van der Waals surface area contributed by atoms with E-state index >= 15 is 0 Å². The van der Waals surface area contributed by atoms with Crippen molar-refractivity contribution in [2.24, 2.45) is 0 Å². The number of aromatic nitrogens is 1. The Morgan fingerprint density at radius 1 is 1.53 bits per heavy atom. The van der Waals surface area contributed by atoms with Crippen molar-refractivity contribution in [3.05, 3.63) is 35.5 Å². The van der Waals surface area contributed by atoms with Crippen LogP contribution >= 0.6 is 0 Å². The van der Waals surface area contributed by atoms with Crippen molar-refractivity contribution >= 4 is 11.9 Å². The highest BCUT2D eigenvalue weighted by molar-refractivity contribution is 5.97. The molecule has 0 aliphatic carbocycles. The van der Waals surface area contributed by atoms with Crippen LogP contribution in [0.5, 0.6) is 5.88 Å². The number of carbonyl (C=O) groups excluding carboxylic acids is 1. The summed E-state index contributed by atoms with van der Waals surface area (Å²) in [7, 11) is 0. The molecule has 1 aromatic heterocycles. The zero-order valence-corrected chi connectivity index (χ0v) is 10.5. The van der Waals surface area contributed by atoms with Crippen LogP contribution in [-0.4, -0.2) is 46.6 Å². The van der Waals surface area contributed by atoms with Gasteiger partial charge in [0.2, 0.25) is 5.88 Å². The van der Waals surface area contributed by atoms with E-state index in [4.69, 9.17) is 9.84 Å². The molecular formula is C13H14N2O4. The molecule has 0 radical (unpaired) electrons. The molecule has 1 saturated heterocycles. The monoisotopic (exact) mass is 262 g/mol. The zero-order chi connectivity index (χ0) is 13.8. The number of aliphatic carboxylic acids is 1. The minimum absolute atomic E-state index is 0.195. The summed E-state index contributed by atoms with van der Waals surface area (Å²) in [5, 5.41) is 8.60. The van der Waals surface area contributed by atoms with E-state index in [9.17, 15) is 9.59 Å². The zero-order valence-electron chi connectivity index (χ0n) is 10.5. The smallest absolute Gasteiger partial charge is 0.328 e. The molecule has 0 unspecified atom stereocenters. The van der Waals surface area contributed by atoms with Gasteiger partial charge in [-0.2, -0.15) is 0 Å². The molecule has 0 atom stereocenters. The van der Waals surface area contributed by atoms with Crippen molar-refractivity contribution in [1.29, 1.82) is 0 Å². The van der Waals surface area contributed by atoms with Crippen LogP contribution in [0.15, 0.2) is 30.0 Å². The third-order valence-corrected chi connectivity index (χ3v) is 2.69. The molecular weight excluding hydrogens is 248 g/mol. The number of hydrogen-bond acceptors (Lipinski definition) is 4. The predicted molar refractivity (Wildman–Crippen MR) is 67.0 cm³/mol. The Morgan fingerprint density at radius 3 is 2.89 bits per heavy atom. The second-order valence-corrected chi connectivity index (χ2v) is 4.09. The van der Waals surface area contributed by atoms with Crippen LogP contribution in [-0.2, 0) is 4.79 Å². The Kier molecular flexibility index (Phi) is 3.79. The predicted octanol–water partition coefficient (Wildman–Crippen LogP) is 0.947. The third kappa shape index (κ3) is 2.90. The van der Waals surface area contributed by atoms with Gasteiger partial charge in [0, 0.05) is 25.4 Å². The number of ether oxygens (including phenoxy) is 1. The number of carbonyl (C=O) groups is 2. The average molecular weight is 262 g/mol. The number of pyridine rings is 1. The lowest BCUT2D eigenvalue weighted by Crippen LogP contribution is -2.44. The maximum atomic E-state index is 12.2. The highest BCUT2D eigenvalue weighted by Crippen LogP contribution is 2.22. The number of rotatable bonds is 4. The van der Waals surface area contributed by atoms with Crippen molar-refractivity contribution in [3.63, 3.8) is 0 Å². The minimum atomic E-state index is -0.988. The number of amides is 1. The van der Waals surface area contributed by atoms with Crippen LogP contribution in [0.4, 0.5) is 0 Å². The van der Waals surface area contributed by atoms with E-state index in [2.05, 4.69) is 4.98 Å². The second kappa shape index (κ2) is 5.51. The molecule has 2 rings (SSSR count). The molecule has 1 amide bonds. The lowest BCUT2D eigenvalue weighted by molar-refractivity contribution is -0.131. The van der Waals surface area contributed by atoms with Crippen LogP contribution in [0, 0.1) is 0 Å². The summed E-state index contributed by atoms with van der Waals surface area (Å²) in [5.74, 6) is -0.872. The van der Waals surface area contributed by atoms with Gasteiger partial charge in [-0.1, -0.05) is 0 Å². The van der Waals surface area contributed by atoms with Crippen LogP contribution in [0.3, 0.4) is 0 Å². The second-order valence-electron chi connectivity index (χ2n) is 4.09. The number of carboxylic acid groups (broad SMARTS) is 1. The van der Waals surface area contributed by atoms with E-state index in [0.717, 1.165) is 11.6 Å². The van der Waals surface area contributed by atoms with Gasteiger partial charge in [-0.3, -0.25) is 4.79 Å². The Morgan fingerprint density at radius 2 is 2.26 bits per heavy atom. The third-order valence-electron chi connectivity index (χ3n) is 2.69. The fourth-order valence-electron chi connectivity index (χ4n) is 1.83.